The van der Waals surface area contributed by atoms with Gasteiger partial charge in [0.15, 0.2) is 0 Å². The summed E-state index contributed by atoms with van der Waals surface area (Å²) in [5.74, 6) is 0.597. The van der Waals surface area contributed by atoms with Crippen LogP contribution in [0.1, 0.15) is 39.3 Å². The summed E-state index contributed by atoms with van der Waals surface area (Å²) in [6.07, 6.45) is 0. The van der Waals surface area contributed by atoms with E-state index in [9.17, 15) is 0 Å². The van der Waals surface area contributed by atoms with Crippen molar-refractivity contribution < 1.29 is 0 Å². The lowest BCUT2D eigenvalue weighted by molar-refractivity contribution is 0.138. The van der Waals surface area contributed by atoms with Crippen LogP contribution in [0.4, 0.5) is 0 Å². The second-order valence-corrected chi connectivity index (χ2v) is 6.42. The van der Waals surface area contributed by atoms with E-state index < -0.39 is 0 Å². The van der Waals surface area contributed by atoms with Crippen LogP contribution in [0, 0.1) is 5.92 Å². The summed E-state index contributed by atoms with van der Waals surface area (Å²) in [4.78, 5) is 2.42. The number of hydrogen-bond donors (Lipinski definition) is 1. The Morgan fingerprint density at radius 3 is 2.16 bits per heavy atom. The standard InChI is InChI=1S/C15H24Cl2N2/c1-10(2)9-19(11(3)4)15(8-18)12-5-6-13(16)14(17)7-12/h5-7,10-11,15H,8-9,18H2,1-4H3. The van der Waals surface area contributed by atoms with Crippen LogP contribution >= 0.6 is 23.2 Å². The van der Waals surface area contributed by atoms with Gasteiger partial charge >= 0.3 is 0 Å². The van der Waals surface area contributed by atoms with Gasteiger partial charge < -0.3 is 5.73 Å². The van der Waals surface area contributed by atoms with E-state index in [0.29, 0.717) is 28.5 Å². The number of hydrogen-bond acceptors (Lipinski definition) is 2. The summed E-state index contributed by atoms with van der Waals surface area (Å²) in [5, 5.41) is 1.17. The zero-order chi connectivity index (χ0) is 14.6. The maximum Gasteiger partial charge on any atom is 0.0595 e. The quantitative estimate of drug-likeness (QED) is 0.846. The van der Waals surface area contributed by atoms with Crippen LogP contribution in [0.2, 0.25) is 10.0 Å². The van der Waals surface area contributed by atoms with E-state index in [1.165, 1.54) is 0 Å². The molecule has 1 unspecified atom stereocenters. The summed E-state index contributed by atoms with van der Waals surface area (Å²) in [5.41, 5.74) is 7.12. The first-order chi connectivity index (χ1) is 8.86. The van der Waals surface area contributed by atoms with Gasteiger partial charge in [0.05, 0.1) is 10.0 Å². The minimum absolute atomic E-state index is 0.178. The van der Waals surface area contributed by atoms with Crippen molar-refractivity contribution in [3.05, 3.63) is 33.8 Å². The average molecular weight is 303 g/mol. The fourth-order valence-electron chi connectivity index (χ4n) is 2.30. The molecular weight excluding hydrogens is 279 g/mol. The summed E-state index contributed by atoms with van der Waals surface area (Å²) in [6.45, 7) is 10.4. The molecule has 1 aromatic carbocycles. The van der Waals surface area contributed by atoms with E-state index in [2.05, 4.69) is 32.6 Å². The smallest absolute Gasteiger partial charge is 0.0595 e. The SMILES string of the molecule is CC(C)CN(C(C)C)C(CN)c1ccc(Cl)c(Cl)c1. The molecule has 0 fully saturated rings. The maximum atomic E-state index is 6.11. The molecule has 4 heteroatoms. The van der Waals surface area contributed by atoms with Gasteiger partial charge in [0, 0.05) is 25.2 Å². The first-order valence-corrected chi connectivity index (χ1v) is 7.53. The van der Waals surface area contributed by atoms with E-state index in [1.54, 1.807) is 0 Å². The molecule has 0 aliphatic heterocycles. The van der Waals surface area contributed by atoms with Crippen LogP contribution in [0.15, 0.2) is 18.2 Å². The first-order valence-electron chi connectivity index (χ1n) is 6.77. The average Bonchev–Trinajstić information content (AvgIpc) is 2.32. The van der Waals surface area contributed by atoms with Crippen LogP contribution in [-0.2, 0) is 0 Å². The Bertz CT molecular complexity index is 405. The van der Waals surface area contributed by atoms with Crippen molar-refractivity contribution >= 4 is 23.2 Å². The van der Waals surface area contributed by atoms with Gasteiger partial charge in [-0.2, -0.15) is 0 Å². The van der Waals surface area contributed by atoms with Crippen molar-refractivity contribution in [2.45, 2.75) is 39.8 Å². The summed E-state index contributed by atoms with van der Waals surface area (Å²) in [6, 6.07) is 6.40. The van der Waals surface area contributed by atoms with Gasteiger partial charge in [-0.3, -0.25) is 4.90 Å². The van der Waals surface area contributed by atoms with E-state index in [4.69, 9.17) is 28.9 Å². The summed E-state index contributed by atoms with van der Waals surface area (Å²) in [7, 11) is 0. The molecule has 108 valence electrons. The molecule has 0 saturated carbocycles. The fourth-order valence-corrected chi connectivity index (χ4v) is 2.61. The van der Waals surface area contributed by atoms with Gasteiger partial charge in [0.25, 0.3) is 0 Å². The molecule has 19 heavy (non-hydrogen) atoms. The van der Waals surface area contributed by atoms with Crippen molar-refractivity contribution in [1.29, 1.82) is 0 Å². The molecule has 0 radical (unpaired) electrons. The molecule has 0 heterocycles. The van der Waals surface area contributed by atoms with Gasteiger partial charge in [-0.15, -0.1) is 0 Å². The maximum absolute atomic E-state index is 6.11. The van der Waals surface area contributed by atoms with E-state index in [0.717, 1.165) is 12.1 Å². The minimum atomic E-state index is 0.178. The number of halogens is 2. The van der Waals surface area contributed by atoms with Gasteiger partial charge in [-0.05, 0) is 37.5 Å². The Kier molecular flexibility index (Phi) is 6.61. The molecule has 2 N–H and O–H groups in total. The van der Waals surface area contributed by atoms with Gasteiger partial charge in [0.1, 0.15) is 0 Å². The zero-order valence-electron chi connectivity index (χ0n) is 12.2. The second kappa shape index (κ2) is 7.49. The molecule has 2 nitrogen and oxygen atoms in total. The summed E-state index contributed by atoms with van der Waals surface area (Å²) < 4.78 is 0. The van der Waals surface area contributed by atoms with Crippen molar-refractivity contribution in [2.24, 2.45) is 11.7 Å². The predicted octanol–water partition coefficient (Wildman–Crippen LogP) is 4.36. The highest BCUT2D eigenvalue weighted by molar-refractivity contribution is 6.42. The molecule has 1 aromatic rings. The lowest BCUT2D eigenvalue weighted by Gasteiger charge is -2.36. The highest BCUT2D eigenvalue weighted by Crippen LogP contribution is 2.29. The van der Waals surface area contributed by atoms with Crippen LogP contribution in [-0.4, -0.2) is 24.0 Å². The Morgan fingerprint density at radius 2 is 1.74 bits per heavy atom. The number of nitrogens with zero attached hydrogens (tertiary/aromatic N) is 1. The van der Waals surface area contributed by atoms with Crippen LogP contribution in [0.3, 0.4) is 0 Å². The van der Waals surface area contributed by atoms with Crippen LogP contribution in [0.25, 0.3) is 0 Å². The van der Waals surface area contributed by atoms with Gasteiger partial charge in [0.2, 0.25) is 0 Å². The Hall–Kier alpha value is -0.280. The van der Waals surface area contributed by atoms with Crippen molar-refractivity contribution in [3.8, 4) is 0 Å². The number of nitrogens with two attached hydrogens (primary N) is 1. The van der Waals surface area contributed by atoms with Crippen molar-refractivity contribution in [2.75, 3.05) is 13.1 Å². The molecule has 0 bridgehead atoms. The first kappa shape index (κ1) is 16.8. The zero-order valence-corrected chi connectivity index (χ0v) is 13.7. The molecule has 1 rings (SSSR count). The summed E-state index contributed by atoms with van der Waals surface area (Å²) >= 11 is 12.1. The largest absolute Gasteiger partial charge is 0.329 e. The molecule has 0 aliphatic rings. The lowest BCUT2D eigenvalue weighted by atomic mass is 10.0. The predicted molar refractivity (Wildman–Crippen MR) is 84.9 cm³/mol. The molecule has 0 spiro atoms. The Morgan fingerprint density at radius 1 is 1.11 bits per heavy atom. The molecule has 0 amide bonds. The minimum Gasteiger partial charge on any atom is -0.329 e. The highest BCUT2D eigenvalue weighted by atomic mass is 35.5. The normalized spacial score (nSPS) is 13.6. The third-order valence-electron chi connectivity index (χ3n) is 3.19. The molecule has 0 aliphatic carbocycles. The highest BCUT2D eigenvalue weighted by Gasteiger charge is 2.22. The van der Waals surface area contributed by atoms with Gasteiger partial charge in [-0.25, -0.2) is 0 Å². The number of benzene rings is 1. The fraction of sp³-hybridized carbons (Fsp3) is 0.600. The number of rotatable bonds is 6. The molecule has 0 aromatic heterocycles. The van der Waals surface area contributed by atoms with Crippen molar-refractivity contribution in [1.82, 2.24) is 4.90 Å². The van der Waals surface area contributed by atoms with Gasteiger partial charge in [-0.1, -0.05) is 43.1 Å². The van der Waals surface area contributed by atoms with Crippen molar-refractivity contribution in [3.63, 3.8) is 0 Å². The lowest BCUT2D eigenvalue weighted by Crippen LogP contribution is -2.40. The van der Waals surface area contributed by atoms with E-state index in [-0.39, 0.29) is 6.04 Å². The third-order valence-corrected chi connectivity index (χ3v) is 3.93. The van der Waals surface area contributed by atoms with E-state index in [1.807, 2.05) is 18.2 Å². The molecular formula is C15H24Cl2N2. The van der Waals surface area contributed by atoms with Crippen LogP contribution < -0.4 is 5.73 Å². The monoisotopic (exact) mass is 302 g/mol. The second-order valence-electron chi connectivity index (χ2n) is 5.61. The Labute approximate surface area is 126 Å². The van der Waals surface area contributed by atoms with Crippen LogP contribution in [0.5, 0.6) is 0 Å². The topological polar surface area (TPSA) is 29.3 Å². The molecule has 1 atom stereocenters. The third kappa shape index (κ3) is 4.64. The van der Waals surface area contributed by atoms with E-state index >= 15 is 0 Å². The molecule has 0 saturated heterocycles. The Balaban J connectivity index is 3.04.